The molecular weight excluding hydrogens is 148 g/mol. The Labute approximate surface area is 66.7 Å². The van der Waals surface area contributed by atoms with Gasteiger partial charge in [-0.3, -0.25) is 0 Å². The van der Waals surface area contributed by atoms with E-state index in [0.717, 1.165) is 0 Å². The molecule has 0 aromatic rings. The highest BCUT2D eigenvalue weighted by molar-refractivity contribution is 4.66. The first-order chi connectivity index (χ1) is 5.26. The Balaban J connectivity index is 3.61. The van der Waals surface area contributed by atoms with E-state index in [0.29, 0.717) is 6.61 Å². The molecule has 0 bridgehead atoms. The number of rotatable bonds is 6. The lowest BCUT2D eigenvalue weighted by Crippen LogP contribution is -2.35. The van der Waals surface area contributed by atoms with Crippen LogP contribution in [0, 0.1) is 0 Å². The van der Waals surface area contributed by atoms with Gasteiger partial charge in [0, 0.05) is 13.7 Å². The van der Waals surface area contributed by atoms with Crippen molar-refractivity contribution in [3.8, 4) is 0 Å². The molecular formula is C7H16O4. The summed E-state index contributed by atoms with van der Waals surface area (Å²) in [5.74, 6) is 0. The summed E-state index contributed by atoms with van der Waals surface area (Å²) in [5, 5.41) is 17.9. The van der Waals surface area contributed by atoms with Gasteiger partial charge in [0.25, 0.3) is 0 Å². The molecule has 0 rings (SSSR count). The quantitative estimate of drug-likeness (QED) is 0.550. The Bertz CT molecular complexity index is 86.5. The third-order valence-electron chi connectivity index (χ3n) is 1.33. The Kier molecular flexibility index (Phi) is 6.45. The summed E-state index contributed by atoms with van der Waals surface area (Å²) in [6, 6.07) is 0. The molecule has 0 fully saturated rings. The van der Waals surface area contributed by atoms with E-state index in [1.165, 1.54) is 7.11 Å². The molecule has 0 saturated carbocycles. The summed E-state index contributed by atoms with van der Waals surface area (Å²) < 4.78 is 9.72. The molecule has 4 nitrogen and oxygen atoms in total. The third kappa shape index (κ3) is 4.31. The van der Waals surface area contributed by atoms with Gasteiger partial charge in [0.2, 0.25) is 0 Å². The van der Waals surface area contributed by atoms with Crippen LogP contribution in [0.2, 0.25) is 0 Å². The zero-order chi connectivity index (χ0) is 8.69. The van der Waals surface area contributed by atoms with Crippen LogP contribution in [0.5, 0.6) is 0 Å². The number of ether oxygens (including phenoxy) is 2. The van der Waals surface area contributed by atoms with Crippen molar-refractivity contribution in [2.75, 3.05) is 26.9 Å². The molecule has 68 valence electrons. The lowest BCUT2D eigenvalue weighted by atomic mass is 10.2. The van der Waals surface area contributed by atoms with E-state index in [1.54, 1.807) is 0 Å². The summed E-state index contributed by atoms with van der Waals surface area (Å²) in [5.41, 5.74) is 0. The maximum Gasteiger partial charge on any atom is 0.109 e. The van der Waals surface area contributed by atoms with Crippen LogP contribution in [-0.2, 0) is 9.47 Å². The van der Waals surface area contributed by atoms with Crippen molar-refractivity contribution < 1.29 is 19.7 Å². The summed E-state index contributed by atoms with van der Waals surface area (Å²) >= 11 is 0. The molecule has 0 saturated heterocycles. The highest BCUT2D eigenvalue weighted by Gasteiger charge is 2.17. The molecule has 0 radical (unpaired) electrons. The molecule has 0 aliphatic carbocycles. The van der Waals surface area contributed by atoms with Crippen LogP contribution in [0.1, 0.15) is 6.92 Å². The number of hydrogen-bond acceptors (Lipinski definition) is 4. The fourth-order valence-corrected chi connectivity index (χ4v) is 0.778. The molecule has 4 heteroatoms. The minimum atomic E-state index is -0.745. The summed E-state index contributed by atoms with van der Waals surface area (Å²) in [7, 11) is 1.49. The summed E-state index contributed by atoms with van der Waals surface area (Å²) in [4.78, 5) is 0. The first-order valence-electron chi connectivity index (χ1n) is 3.65. The minimum Gasteiger partial charge on any atom is -0.394 e. The van der Waals surface area contributed by atoms with Crippen molar-refractivity contribution in [3.63, 3.8) is 0 Å². The van der Waals surface area contributed by atoms with Gasteiger partial charge in [-0.15, -0.1) is 0 Å². The van der Waals surface area contributed by atoms with E-state index in [9.17, 15) is 5.11 Å². The van der Waals surface area contributed by atoms with Crippen molar-refractivity contribution in [3.05, 3.63) is 0 Å². The summed E-state index contributed by atoms with van der Waals surface area (Å²) in [6.07, 6.45) is -1.27. The molecule has 0 aromatic heterocycles. The number of methoxy groups -OCH3 is 1. The highest BCUT2D eigenvalue weighted by Crippen LogP contribution is 1.98. The van der Waals surface area contributed by atoms with Gasteiger partial charge in [0.15, 0.2) is 0 Å². The summed E-state index contributed by atoms with van der Waals surface area (Å²) in [6.45, 7) is 2.29. The van der Waals surface area contributed by atoms with E-state index in [4.69, 9.17) is 14.6 Å². The molecule has 2 unspecified atom stereocenters. The largest absolute Gasteiger partial charge is 0.394 e. The van der Waals surface area contributed by atoms with Crippen LogP contribution in [0.3, 0.4) is 0 Å². The number of aliphatic hydroxyl groups is 2. The number of hydrogen-bond donors (Lipinski definition) is 2. The van der Waals surface area contributed by atoms with Gasteiger partial charge in [-0.05, 0) is 6.92 Å². The predicted molar refractivity (Wildman–Crippen MR) is 40.4 cm³/mol. The first kappa shape index (κ1) is 10.8. The zero-order valence-corrected chi connectivity index (χ0v) is 6.99. The topological polar surface area (TPSA) is 58.9 Å². The molecule has 0 aromatic carbocycles. The van der Waals surface area contributed by atoms with E-state index in [1.807, 2.05) is 6.92 Å². The smallest absolute Gasteiger partial charge is 0.109 e. The van der Waals surface area contributed by atoms with Gasteiger partial charge < -0.3 is 19.7 Å². The Morgan fingerprint density at radius 2 is 2.09 bits per heavy atom. The standard InChI is InChI=1S/C7H16O4/c1-3-11-7(4-8)6(9)5-10-2/h6-9H,3-5H2,1-2H3. The molecule has 0 amide bonds. The fourth-order valence-electron chi connectivity index (χ4n) is 0.778. The SMILES string of the molecule is CCOC(CO)C(O)COC. The van der Waals surface area contributed by atoms with Gasteiger partial charge in [-0.2, -0.15) is 0 Å². The van der Waals surface area contributed by atoms with E-state index in [2.05, 4.69) is 0 Å². The first-order valence-corrected chi connectivity index (χ1v) is 3.65. The Morgan fingerprint density at radius 1 is 1.45 bits per heavy atom. The van der Waals surface area contributed by atoms with Crippen molar-refractivity contribution in [1.29, 1.82) is 0 Å². The van der Waals surface area contributed by atoms with E-state index >= 15 is 0 Å². The van der Waals surface area contributed by atoms with Crippen LogP contribution >= 0.6 is 0 Å². The fraction of sp³-hybridized carbons (Fsp3) is 1.00. The van der Waals surface area contributed by atoms with E-state index in [-0.39, 0.29) is 13.2 Å². The van der Waals surface area contributed by atoms with Crippen molar-refractivity contribution >= 4 is 0 Å². The average molecular weight is 164 g/mol. The highest BCUT2D eigenvalue weighted by atomic mass is 16.5. The van der Waals surface area contributed by atoms with Gasteiger partial charge in [0.1, 0.15) is 12.2 Å². The van der Waals surface area contributed by atoms with Gasteiger partial charge >= 0.3 is 0 Å². The predicted octanol–water partition coefficient (Wildman–Crippen LogP) is -0.609. The van der Waals surface area contributed by atoms with Gasteiger partial charge in [0.05, 0.1) is 13.2 Å². The third-order valence-corrected chi connectivity index (χ3v) is 1.33. The molecule has 0 aliphatic rings. The molecule has 2 atom stereocenters. The molecule has 0 aliphatic heterocycles. The lowest BCUT2D eigenvalue weighted by molar-refractivity contribution is -0.0816. The Hall–Kier alpha value is -0.160. The second kappa shape index (κ2) is 6.54. The molecule has 0 heterocycles. The maximum atomic E-state index is 9.23. The normalized spacial score (nSPS) is 16.4. The molecule has 11 heavy (non-hydrogen) atoms. The molecule has 0 spiro atoms. The molecule has 2 N–H and O–H groups in total. The second-order valence-electron chi connectivity index (χ2n) is 2.20. The monoisotopic (exact) mass is 164 g/mol. The van der Waals surface area contributed by atoms with Crippen molar-refractivity contribution in [2.24, 2.45) is 0 Å². The zero-order valence-electron chi connectivity index (χ0n) is 6.99. The number of aliphatic hydroxyl groups excluding tert-OH is 2. The second-order valence-corrected chi connectivity index (χ2v) is 2.20. The van der Waals surface area contributed by atoms with Crippen LogP contribution in [0.25, 0.3) is 0 Å². The average Bonchev–Trinajstić information content (AvgIpc) is 2.00. The van der Waals surface area contributed by atoms with Gasteiger partial charge in [-0.25, -0.2) is 0 Å². The van der Waals surface area contributed by atoms with Crippen LogP contribution in [-0.4, -0.2) is 49.4 Å². The maximum absolute atomic E-state index is 9.23. The lowest BCUT2D eigenvalue weighted by Gasteiger charge is -2.19. The van der Waals surface area contributed by atoms with Crippen LogP contribution in [0.15, 0.2) is 0 Å². The van der Waals surface area contributed by atoms with Gasteiger partial charge in [-0.1, -0.05) is 0 Å². The van der Waals surface area contributed by atoms with Crippen molar-refractivity contribution in [2.45, 2.75) is 19.1 Å². The Morgan fingerprint density at radius 3 is 2.45 bits per heavy atom. The van der Waals surface area contributed by atoms with E-state index < -0.39 is 12.2 Å². The van der Waals surface area contributed by atoms with Crippen molar-refractivity contribution in [1.82, 2.24) is 0 Å². The van der Waals surface area contributed by atoms with Crippen LogP contribution in [0.4, 0.5) is 0 Å². The van der Waals surface area contributed by atoms with Crippen LogP contribution < -0.4 is 0 Å². The minimum absolute atomic E-state index is 0.182.